The van der Waals surface area contributed by atoms with Crippen molar-refractivity contribution >= 4 is 5.97 Å². The first-order chi connectivity index (χ1) is 8.39. The van der Waals surface area contributed by atoms with E-state index in [2.05, 4.69) is 17.3 Å². The van der Waals surface area contributed by atoms with Gasteiger partial charge in [-0.05, 0) is 57.3 Å². The molecule has 1 saturated heterocycles. The second-order valence-corrected chi connectivity index (χ2v) is 6.45. The van der Waals surface area contributed by atoms with Gasteiger partial charge in [-0.3, -0.25) is 4.79 Å². The molecule has 0 saturated carbocycles. The third kappa shape index (κ3) is 6.36. The number of hydrogen-bond donors (Lipinski definition) is 2. The molecule has 1 fully saturated rings. The number of piperidine rings is 1. The molecule has 0 aromatic carbocycles. The zero-order valence-electron chi connectivity index (χ0n) is 12.0. The average molecular weight is 256 g/mol. The van der Waals surface area contributed by atoms with Gasteiger partial charge >= 0.3 is 5.97 Å². The average Bonchev–Trinajstić information content (AvgIpc) is 2.25. The van der Waals surface area contributed by atoms with Crippen LogP contribution in [0.5, 0.6) is 0 Å². The van der Waals surface area contributed by atoms with Gasteiger partial charge in [0, 0.05) is 6.54 Å². The predicted octanol–water partition coefficient (Wildman–Crippen LogP) is 1.81. The van der Waals surface area contributed by atoms with E-state index in [0.29, 0.717) is 0 Å². The maximum absolute atomic E-state index is 10.7. The molecule has 0 spiro atoms. The summed E-state index contributed by atoms with van der Waals surface area (Å²) in [5.74, 6) is 0.133. The molecule has 0 aromatic heterocycles. The molecule has 0 aliphatic carbocycles. The van der Waals surface area contributed by atoms with Gasteiger partial charge in [-0.25, -0.2) is 0 Å². The topological polar surface area (TPSA) is 52.6 Å². The summed E-state index contributed by atoms with van der Waals surface area (Å²) in [6.45, 7) is 8.24. The second kappa shape index (κ2) is 7.10. The van der Waals surface area contributed by atoms with Crippen molar-refractivity contribution < 1.29 is 9.90 Å². The third-order valence-electron chi connectivity index (χ3n) is 3.80. The summed E-state index contributed by atoms with van der Waals surface area (Å²) in [6.07, 6.45) is 4.05. The predicted molar refractivity (Wildman–Crippen MR) is 73.7 cm³/mol. The van der Waals surface area contributed by atoms with Crippen LogP contribution in [0.3, 0.4) is 0 Å². The summed E-state index contributed by atoms with van der Waals surface area (Å²) in [5, 5.41) is 12.2. The highest BCUT2D eigenvalue weighted by Crippen LogP contribution is 2.20. The lowest BCUT2D eigenvalue weighted by Gasteiger charge is -2.29. The number of carboxylic acid groups (broad SMARTS) is 1. The van der Waals surface area contributed by atoms with Crippen LogP contribution in [0.2, 0.25) is 0 Å². The van der Waals surface area contributed by atoms with Crippen LogP contribution in [0, 0.1) is 11.3 Å². The number of carboxylic acids is 1. The Labute approximate surface area is 111 Å². The maximum Gasteiger partial charge on any atom is 0.303 e. The summed E-state index contributed by atoms with van der Waals surface area (Å²) in [5.41, 5.74) is -0.154. The molecule has 0 aromatic rings. The molecular weight excluding hydrogens is 228 g/mol. The molecule has 0 radical (unpaired) electrons. The molecule has 0 amide bonds. The molecule has 1 heterocycles. The molecule has 1 rings (SSSR count). The monoisotopic (exact) mass is 256 g/mol. The van der Waals surface area contributed by atoms with Crippen LogP contribution in [0.4, 0.5) is 0 Å². The fourth-order valence-corrected chi connectivity index (χ4v) is 2.56. The highest BCUT2D eigenvalue weighted by atomic mass is 16.4. The van der Waals surface area contributed by atoms with Crippen molar-refractivity contribution in [3.63, 3.8) is 0 Å². The lowest BCUT2D eigenvalue weighted by atomic mass is 9.89. The van der Waals surface area contributed by atoms with E-state index in [4.69, 9.17) is 5.11 Å². The van der Waals surface area contributed by atoms with Crippen molar-refractivity contribution in [2.24, 2.45) is 11.3 Å². The van der Waals surface area contributed by atoms with Gasteiger partial charge in [-0.1, -0.05) is 13.8 Å². The summed E-state index contributed by atoms with van der Waals surface area (Å²) in [6, 6.07) is 0. The quantitative estimate of drug-likeness (QED) is 0.682. The number of nitrogens with zero attached hydrogens (tertiary/aromatic N) is 1. The maximum atomic E-state index is 10.7. The van der Waals surface area contributed by atoms with E-state index < -0.39 is 5.97 Å². The zero-order valence-corrected chi connectivity index (χ0v) is 12.0. The Morgan fingerprint density at radius 2 is 2.00 bits per heavy atom. The van der Waals surface area contributed by atoms with Crippen molar-refractivity contribution in [2.45, 2.75) is 39.5 Å². The highest BCUT2D eigenvalue weighted by Gasteiger charge is 2.21. The van der Waals surface area contributed by atoms with E-state index >= 15 is 0 Å². The largest absolute Gasteiger partial charge is 0.481 e. The van der Waals surface area contributed by atoms with Crippen LogP contribution >= 0.6 is 0 Å². The van der Waals surface area contributed by atoms with E-state index in [0.717, 1.165) is 19.0 Å². The molecule has 0 unspecified atom stereocenters. The Hall–Kier alpha value is -0.610. The smallest absolute Gasteiger partial charge is 0.303 e. The molecule has 106 valence electrons. The van der Waals surface area contributed by atoms with Crippen molar-refractivity contribution in [3.8, 4) is 0 Å². The molecule has 18 heavy (non-hydrogen) atoms. The first-order valence-electron chi connectivity index (χ1n) is 7.00. The van der Waals surface area contributed by atoms with E-state index in [1.165, 1.54) is 32.4 Å². The summed E-state index contributed by atoms with van der Waals surface area (Å²) in [7, 11) is 2.18. The lowest BCUT2D eigenvalue weighted by Crippen LogP contribution is -2.34. The highest BCUT2D eigenvalue weighted by molar-refractivity contribution is 5.67. The van der Waals surface area contributed by atoms with Crippen molar-refractivity contribution in [1.29, 1.82) is 0 Å². The summed E-state index contributed by atoms with van der Waals surface area (Å²) >= 11 is 0. The van der Waals surface area contributed by atoms with Gasteiger partial charge in [0.2, 0.25) is 0 Å². The lowest BCUT2D eigenvalue weighted by molar-refractivity contribution is -0.139. The van der Waals surface area contributed by atoms with Gasteiger partial charge in [0.25, 0.3) is 0 Å². The number of hydrogen-bond acceptors (Lipinski definition) is 3. The van der Waals surface area contributed by atoms with Crippen LogP contribution in [-0.4, -0.2) is 49.2 Å². The number of aliphatic carboxylic acids is 1. The van der Waals surface area contributed by atoms with Gasteiger partial charge in [0.15, 0.2) is 0 Å². The summed E-state index contributed by atoms with van der Waals surface area (Å²) < 4.78 is 0. The van der Waals surface area contributed by atoms with Crippen LogP contribution < -0.4 is 5.32 Å². The molecule has 1 aliphatic heterocycles. The first-order valence-corrected chi connectivity index (χ1v) is 7.00. The Kier molecular flexibility index (Phi) is 6.09. The van der Waals surface area contributed by atoms with Gasteiger partial charge < -0.3 is 15.3 Å². The Morgan fingerprint density at radius 3 is 2.56 bits per heavy atom. The normalized spacial score (nSPS) is 19.1. The Bertz CT molecular complexity index is 259. The molecule has 4 heteroatoms. The number of likely N-dealkylation sites (tertiary alicyclic amines) is 1. The standard InChI is InChI=1S/C14H28N2O2/c1-14(2,10-13(17)18)11-15-7-4-12-5-8-16(3)9-6-12/h12,15H,4-11H2,1-3H3,(H,17,18). The molecule has 0 atom stereocenters. The number of rotatable bonds is 7. The minimum Gasteiger partial charge on any atom is -0.481 e. The van der Waals surface area contributed by atoms with E-state index in [1.807, 2.05) is 13.8 Å². The van der Waals surface area contributed by atoms with Gasteiger partial charge in [-0.2, -0.15) is 0 Å². The minimum atomic E-state index is -0.711. The summed E-state index contributed by atoms with van der Waals surface area (Å²) in [4.78, 5) is 13.1. The van der Waals surface area contributed by atoms with Crippen LogP contribution in [0.15, 0.2) is 0 Å². The molecular formula is C14H28N2O2. The molecule has 4 nitrogen and oxygen atoms in total. The first kappa shape index (κ1) is 15.4. The fourth-order valence-electron chi connectivity index (χ4n) is 2.56. The minimum absolute atomic E-state index is 0.154. The third-order valence-corrected chi connectivity index (χ3v) is 3.80. The zero-order chi connectivity index (χ0) is 13.6. The van der Waals surface area contributed by atoms with Gasteiger partial charge in [-0.15, -0.1) is 0 Å². The number of carbonyl (C=O) groups is 1. The van der Waals surface area contributed by atoms with Crippen LogP contribution in [-0.2, 0) is 4.79 Å². The second-order valence-electron chi connectivity index (χ2n) is 6.45. The molecule has 2 N–H and O–H groups in total. The number of nitrogens with one attached hydrogen (secondary N) is 1. The van der Waals surface area contributed by atoms with E-state index in [9.17, 15) is 4.79 Å². The van der Waals surface area contributed by atoms with Crippen molar-refractivity contribution in [1.82, 2.24) is 10.2 Å². The molecule has 1 aliphatic rings. The van der Waals surface area contributed by atoms with Crippen molar-refractivity contribution in [2.75, 3.05) is 33.2 Å². The van der Waals surface area contributed by atoms with Crippen LogP contribution in [0.1, 0.15) is 39.5 Å². The fraction of sp³-hybridized carbons (Fsp3) is 0.929. The van der Waals surface area contributed by atoms with Gasteiger partial charge in [0.1, 0.15) is 0 Å². The van der Waals surface area contributed by atoms with E-state index in [-0.39, 0.29) is 11.8 Å². The Morgan fingerprint density at radius 1 is 1.39 bits per heavy atom. The van der Waals surface area contributed by atoms with Gasteiger partial charge in [0.05, 0.1) is 6.42 Å². The molecule has 0 bridgehead atoms. The van der Waals surface area contributed by atoms with Crippen LogP contribution in [0.25, 0.3) is 0 Å². The van der Waals surface area contributed by atoms with E-state index in [1.54, 1.807) is 0 Å². The Balaban J connectivity index is 2.09. The van der Waals surface area contributed by atoms with Crippen molar-refractivity contribution in [3.05, 3.63) is 0 Å². The SMILES string of the molecule is CN1CCC(CCNCC(C)(C)CC(=O)O)CC1.